The quantitative estimate of drug-likeness (QED) is 0.0321. The molecule has 0 saturated heterocycles. The normalized spacial score (nSPS) is 13.7. The van der Waals surface area contributed by atoms with E-state index in [1.165, 1.54) is 128 Å². The van der Waals surface area contributed by atoms with Gasteiger partial charge in [0.2, 0.25) is 5.91 Å². The van der Waals surface area contributed by atoms with Crippen LogP contribution in [-0.2, 0) is 14.3 Å². The first-order valence-corrected chi connectivity index (χ1v) is 28.7. The topological polar surface area (TPSA) is 95.9 Å². The minimum absolute atomic E-state index is 0.0522. The summed E-state index contributed by atoms with van der Waals surface area (Å²) < 4.78 is 5.94. The van der Waals surface area contributed by atoms with Crippen molar-refractivity contribution in [3.05, 3.63) is 72.9 Å². The summed E-state index contributed by atoms with van der Waals surface area (Å²) in [5.41, 5.74) is 0. The molecule has 0 aliphatic carbocycles. The number of aliphatic hydroxyl groups excluding tert-OH is 2. The van der Waals surface area contributed by atoms with Crippen molar-refractivity contribution in [1.82, 2.24) is 5.32 Å². The summed E-state index contributed by atoms with van der Waals surface area (Å²) in [6.07, 6.45) is 69.6. The third-order valence-corrected chi connectivity index (χ3v) is 12.9. The summed E-state index contributed by atoms with van der Waals surface area (Å²) in [6, 6.07) is -0.717. The van der Waals surface area contributed by atoms with Gasteiger partial charge in [-0.2, -0.15) is 0 Å². The van der Waals surface area contributed by atoms with Gasteiger partial charge < -0.3 is 20.3 Å². The third-order valence-electron chi connectivity index (χ3n) is 12.9. The first-order valence-electron chi connectivity index (χ1n) is 28.7. The monoisotopic (exact) mass is 936 g/mol. The molecule has 0 heterocycles. The number of carbonyl (C=O) groups excluding carboxylic acids is 2. The lowest BCUT2D eigenvalue weighted by atomic mass is 10.0. The zero-order valence-corrected chi connectivity index (χ0v) is 44.3. The number of aliphatic hydroxyl groups is 2. The van der Waals surface area contributed by atoms with E-state index in [2.05, 4.69) is 99.0 Å². The van der Waals surface area contributed by atoms with Crippen LogP contribution in [0.4, 0.5) is 0 Å². The second-order valence-electron chi connectivity index (χ2n) is 19.5. The molecule has 0 aromatic carbocycles. The number of hydrogen-bond donors (Lipinski definition) is 3. The summed E-state index contributed by atoms with van der Waals surface area (Å²) in [7, 11) is 0. The van der Waals surface area contributed by atoms with Crippen molar-refractivity contribution < 1.29 is 24.5 Å². The largest absolute Gasteiger partial charge is 0.462 e. The molecule has 1 amide bonds. The number of esters is 1. The van der Waals surface area contributed by atoms with Crippen LogP contribution in [0.2, 0.25) is 0 Å². The molecule has 0 aromatic rings. The second kappa shape index (κ2) is 54.2. The minimum Gasteiger partial charge on any atom is -0.462 e. The molecule has 388 valence electrons. The van der Waals surface area contributed by atoms with Crippen molar-refractivity contribution >= 4 is 11.9 Å². The Labute approximate surface area is 415 Å². The predicted octanol–water partition coefficient (Wildman–Crippen LogP) is 17.7. The van der Waals surface area contributed by atoms with Crippen LogP contribution in [0.3, 0.4) is 0 Å². The molecule has 3 atom stereocenters. The predicted molar refractivity (Wildman–Crippen MR) is 291 cm³/mol. The van der Waals surface area contributed by atoms with E-state index >= 15 is 0 Å². The van der Waals surface area contributed by atoms with Gasteiger partial charge in [0, 0.05) is 6.42 Å². The minimum atomic E-state index is -0.801. The Morgan fingerprint density at radius 3 is 1.19 bits per heavy atom. The molecule has 3 unspecified atom stereocenters. The highest BCUT2D eigenvalue weighted by molar-refractivity contribution is 5.77. The number of carbonyl (C=O) groups is 2. The van der Waals surface area contributed by atoms with Crippen molar-refractivity contribution in [3.8, 4) is 0 Å². The molecule has 0 bridgehead atoms. The molecule has 67 heavy (non-hydrogen) atoms. The third kappa shape index (κ3) is 49.5. The molecule has 6 heteroatoms. The highest BCUT2D eigenvalue weighted by Gasteiger charge is 2.24. The van der Waals surface area contributed by atoms with Gasteiger partial charge >= 0.3 is 5.97 Å². The molecular weight excluding hydrogens is 827 g/mol. The van der Waals surface area contributed by atoms with Gasteiger partial charge in [0.25, 0.3) is 0 Å². The first kappa shape index (κ1) is 64.3. The summed E-state index contributed by atoms with van der Waals surface area (Å²) in [5.74, 6) is -0.517. The molecule has 0 radical (unpaired) electrons. The molecule has 0 saturated carbocycles. The number of hydrogen-bond acceptors (Lipinski definition) is 5. The lowest BCUT2D eigenvalue weighted by Crippen LogP contribution is -2.46. The van der Waals surface area contributed by atoms with E-state index in [1.54, 1.807) is 0 Å². The number of amides is 1. The van der Waals surface area contributed by atoms with Crippen molar-refractivity contribution in [1.29, 1.82) is 0 Å². The Kier molecular flexibility index (Phi) is 52.1. The molecule has 0 aliphatic heterocycles. The summed E-state index contributed by atoms with van der Waals surface area (Å²) >= 11 is 0. The Balaban J connectivity index is 4.59. The Morgan fingerprint density at radius 2 is 0.761 bits per heavy atom. The number of allylic oxidation sites excluding steroid dienone is 12. The van der Waals surface area contributed by atoms with Crippen LogP contribution in [0.1, 0.15) is 278 Å². The van der Waals surface area contributed by atoms with E-state index in [1.807, 2.05) is 0 Å². The van der Waals surface area contributed by atoms with Crippen molar-refractivity contribution in [2.24, 2.45) is 0 Å². The Hall–Kier alpha value is -2.70. The van der Waals surface area contributed by atoms with E-state index < -0.39 is 18.2 Å². The van der Waals surface area contributed by atoms with E-state index in [0.29, 0.717) is 19.3 Å². The van der Waals surface area contributed by atoms with Crippen LogP contribution in [0.15, 0.2) is 72.9 Å². The van der Waals surface area contributed by atoms with Gasteiger partial charge in [-0.1, -0.05) is 261 Å². The summed E-state index contributed by atoms with van der Waals surface area (Å²) in [5, 5.41) is 23.9. The van der Waals surface area contributed by atoms with Gasteiger partial charge in [0.15, 0.2) is 0 Å². The van der Waals surface area contributed by atoms with Gasteiger partial charge in [0.05, 0.1) is 25.2 Å². The number of nitrogens with one attached hydrogen (secondary N) is 1. The Bertz CT molecular complexity index is 1230. The smallest absolute Gasteiger partial charge is 0.306 e. The lowest BCUT2D eigenvalue weighted by Gasteiger charge is -2.24. The highest BCUT2D eigenvalue weighted by Crippen LogP contribution is 2.18. The maximum absolute atomic E-state index is 13.3. The molecule has 0 fully saturated rings. The highest BCUT2D eigenvalue weighted by atomic mass is 16.5. The standard InChI is InChI=1S/C61H109NO5/c1-4-7-10-13-16-19-22-25-27-29-31-33-36-39-42-45-48-51-54-61(66)67-57(52-49-46-43-40-37-34-24-21-18-15-12-9-6-3)55-60(65)62-58(56-63)59(64)53-50-47-44-41-38-35-32-30-28-26-23-20-17-14-11-8-5-2/h16,18-19,21-22,24-25,27,29,31,33-34,57-59,63-64H,4-15,17,20,23,26,28,30,32,35-56H2,1-3H3,(H,62,65)/b19-16+,21-18+,25-22+,29-27+,33-31+,34-24+. The molecular formula is C61H109NO5. The van der Waals surface area contributed by atoms with Gasteiger partial charge in [-0.15, -0.1) is 0 Å². The summed E-state index contributed by atoms with van der Waals surface area (Å²) in [4.78, 5) is 26.2. The molecule has 0 spiro atoms. The van der Waals surface area contributed by atoms with Crippen molar-refractivity contribution in [3.63, 3.8) is 0 Å². The second-order valence-corrected chi connectivity index (χ2v) is 19.5. The fraction of sp³-hybridized carbons (Fsp3) is 0.770. The zero-order chi connectivity index (χ0) is 48.8. The van der Waals surface area contributed by atoms with Crippen LogP contribution in [0.5, 0.6) is 0 Å². The fourth-order valence-electron chi connectivity index (χ4n) is 8.49. The van der Waals surface area contributed by atoms with Crippen LogP contribution < -0.4 is 5.32 Å². The first-order chi connectivity index (χ1) is 33.0. The Morgan fingerprint density at radius 1 is 0.433 bits per heavy atom. The van der Waals surface area contributed by atoms with Crippen molar-refractivity contribution in [2.75, 3.05) is 6.61 Å². The lowest BCUT2D eigenvalue weighted by molar-refractivity contribution is -0.151. The number of rotatable bonds is 51. The van der Waals surface area contributed by atoms with Crippen LogP contribution >= 0.6 is 0 Å². The van der Waals surface area contributed by atoms with Crippen LogP contribution in [-0.4, -0.2) is 46.9 Å². The number of unbranched alkanes of at least 4 members (excludes halogenated alkanes) is 31. The molecule has 0 aliphatic rings. The average Bonchev–Trinajstić information content (AvgIpc) is 3.32. The molecule has 0 aromatic heterocycles. The van der Waals surface area contributed by atoms with Gasteiger partial charge in [-0.3, -0.25) is 9.59 Å². The van der Waals surface area contributed by atoms with E-state index in [9.17, 15) is 19.8 Å². The van der Waals surface area contributed by atoms with Crippen molar-refractivity contribution in [2.45, 2.75) is 296 Å². The van der Waals surface area contributed by atoms with Crippen LogP contribution in [0, 0.1) is 0 Å². The van der Waals surface area contributed by atoms with E-state index in [0.717, 1.165) is 103 Å². The van der Waals surface area contributed by atoms with Gasteiger partial charge in [0.1, 0.15) is 6.10 Å². The maximum Gasteiger partial charge on any atom is 0.306 e. The zero-order valence-electron chi connectivity index (χ0n) is 44.3. The van der Waals surface area contributed by atoms with Gasteiger partial charge in [-0.25, -0.2) is 0 Å². The van der Waals surface area contributed by atoms with E-state index in [-0.39, 0.29) is 24.9 Å². The van der Waals surface area contributed by atoms with E-state index in [4.69, 9.17) is 4.74 Å². The SMILES string of the molecule is CCCCC/C=C/C=C/C=C/C=C/CCCCCCCC(=O)OC(CCCCCC/C=C/C=C/CCCCC)CC(=O)NC(CO)C(O)CCCCCCCCCCCCCCCCCCC. The van der Waals surface area contributed by atoms with Crippen LogP contribution in [0.25, 0.3) is 0 Å². The van der Waals surface area contributed by atoms with Gasteiger partial charge in [-0.05, 0) is 77.0 Å². The maximum atomic E-state index is 13.3. The molecule has 3 N–H and O–H groups in total. The molecule has 6 nitrogen and oxygen atoms in total. The fourth-order valence-corrected chi connectivity index (χ4v) is 8.49. The summed E-state index contributed by atoms with van der Waals surface area (Å²) in [6.45, 7) is 6.42. The average molecular weight is 937 g/mol. The molecule has 0 rings (SSSR count). The number of ether oxygens (including phenoxy) is 1.